The van der Waals surface area contributed by atoms with Crippen molar-refractivity contribution in [3.63, 3.8) is 0 Å². The molecule has 4 nitrogen and oxygen atoms in total. The molecule has 0 saturated carbocycles. The minimum absolute atomic E-state index is 0.114. The van der Waals surface area contributed by atoms with E-state index in [9.17, 15) is 10.1 Å². The predicted molar refractivity (Wildman–Crippen MR) is 141 cm³/mol. The standard InChI is InChI=1S/C24H15Br2Cl3N2O2/c1-13-6-18(25)22(19(26)7-13)31-24(32)16(11-30)8-15-9-20(28)23(21(29)10-15)33-12-14-2-4-17(27)5-3-14/h2-10H,12H2,1H3,(H,31,32)/b16-8+. The average Bonchev–Trinajstić information content (AvgIpc) is 2.75. The summed E-state index contributed by atoms with van der Waals surface area (Å²) in [5.74, 6) is -0.265. The molecule has 0 unspecified atom stereocenters. The Balaban J connectivity index is 1.80. The molecule has 3 aromatic carbocycles. The Morgan fingerprint density at radius 2 is 1.64 bits per heavy atom. The third kappa shape index (κ3) is 6.75. The number of hydrogen-bond donors (Lipinski definition) is 1. The van der Waals surface area contributed by atoms with Crippen LogP contribution in [0.25, 0.3) is 6.08 Å². The van der Waals surface area contributed by atoms with E-state index < -0.39 is 5.91 Å². The quantitative estimate of drug-likeness (QED) is 0.220. The average molecular weight is 630 g/mol. The smallest absolute Gasteiger partial charge is 0.266 e. The maximum atomic E-state index is 12.7. The second-order valence-corrected chi connectivity index (χ2v) is 9.92. The first-order valence-corrected chi connectivity index (χ1v) is 12.1. The molecule has 3 rings (SSSR count). The van der Waals surface area contributed by atoms with Gasteiger partial charge in [-0.15, -0.1) is 0 Å². The minimum Gasteiger partial charge on any atom is -0.486 e. The van der Waals surface area contributed by atoms with Gasteiger partial charge in [0.05, 0.1) is 15.7 Å². The number of rotatable bonds is 6. The SMILES string of the molecule is Cc1cc(Br)c(NC(=O)/C(C#N)=C/c2cc(Cl)c(OCc3ccc(Cl)cc3)c(Cl)c2)c(Br)c1. The largest absolute Gasteiger partial charge is 0.486 e. The summed E-state index contributed by atoms with van der Waals surface area (Å²) in [6.07, 6.45) is 1.41. The Morgan fingerprint density at radius 1 is 1.06 bits per heavy atom. The first-order valence-electron chi connectivity index (χ1n) is 9.43. The number of amides is 1. The molecule has 1 N–H and O–H groups in total. The monoisotopic (exact) mass is 626 g/mol. The Labute approximate surface area is 223 Å². The Bertz CT molecular complexity index is 1240. The highest BCUT2D eigenvalue weighted by Gasteiger charge is 2.16. The number of benzene rings is 3. The number of carbonyl (C=O) groups excluding carboxylic acids is 1. The highest BCUT2D eigenvalue weighted by Crippen LogP contribution is 2.36. The molecule has 0 heterocycles. The molecule has 9 heteroatoms. The first kappa shape index (κ1) is 25.6. The summed E-state index contributed by atoms with van der Waals surface area (Å²) in [6.45, 7) is 2.18. The predicted octanol–water partition coefficient (Wildman–Crippen LogP) is 8.60. The molecule has 0 atom stereocenters. The lowest BCUT2D eigenvalue weighted by Crippen LogP contribution is -2.14. The van der Waals surface area contributed by atoms with Crippen LogP contribution in [-0.4, -0.2) is 5.91 Å². The van der Waals surface area contributed by atoms with Crippen LogP contribution in [0.15, 0.2) is 63.0 Å². The van der Waals surface area contributed by atoms with Crippen LogP contribution in [0.4, 0.5) is 5.69 Å². The normalized spacial score (nSPS) is 11.1. The summed E-state index contributed by atoms with van der Waals surface area (Å²) in [5, 5.41) is 13.4. The van der Waals surface area contributed by atoms with Crippen molar-refractivity contribution in [1.29, 1.82) is 5.26 Å². The summed E-state index contributed by atoms with van der Waals surface area (Å²) in [4.78, 5) is 12.7. The van der Waals surface area contributed by atoms with E-state index in [1.54, 1.807) is 24.3 Å². The van der Waals surface area contributed by atoms with Crippen LogP contribution >= 0.6 is 66.7 Å². The summed E-state index contributed by atoms with van der Waals surface area (Å²) in [6, 6.07) is 16.0. The molecule has 1 amide bonds. The van der Waals surface area contributed by atoms with Crippen molar-refractivity contribution in [2.24, 2.45) is 0 Å². The third-order valence-electron chi connectivity index (χ3n) is 4.42. The molecular formula is C24H15Br2Cl3N2O2. The molecule has 33 heavy (non-hydrogen) atoms. The van der Waals surface area contributed by atoms with Crippen molar-refractivity contribution >= 4 is 84.3 Å². The number of nitrogens with one attached hydrogen (secondary N) is 1. The summed E-state index contributed by atoms with van der Waals surface area (Å²) >= 11 is 25.5. The molecule has 168 valence electrons. The van der Waals surface area contributed by atoms with Gasteiger partial charge in [0.2, 0.25) is 0 Å². The van der Waals surface area contributed by atoms with E-state index in [1.807, 2.05) is 37.3 Å². The Kier molecular flexibility index (Phi) is 8.86. The topological polar surface area (TPSA) is 62.1 Å². The third-order valence-corrected chi connectivity index (χ3v) is 6.48. The van der Waals surface area contributed by atoms with Crippen LogP contribution in [0.3, 0.4) is 0 Å². The molecule has 0 saturated heterocycles. The van der Waals surface area contributed by atoms with Crippen molar-refractivity contribution in [3.05, 3.63) is 94.8 Å². The van der Waals surface area contributed by atoms with Gasteiger partial charge in [-0.05, 0) is 97.9 Å². The molecule has 0 radical (unpaired) electrons. The van der Waals surface area contributed by atoms with Gasteiger partial charge in [-0.2, -0.15) is 5.26 Å². The van der Waals surface area contributed by atoms with Gasteiger partial charge in [0.15, 0.2) is 5.75 Å². The van der Waals surface area contributed by atoms with E-state index in [1.165, 1.54) is 6.08 Å². The van der Waals surface area contributed by atoms with E-state index >= 15 is 0 Å². The van der Waals surface area contributed by atoms with Crippen molar-refractivity contribution < 1.29 is 9.53 Å². The molecular weight excluding hydrogens is 614 g/mol. The van der Waals surface area contributed by atoms with Gasteiger partial charge in [0.25, 0.3) is 5.91 Å². The van der Waals surface area contributed by atoms with Gasteiger partial charge in [0.1, 0.15) is 18.2 Å². The number of nitriles is 1. The molecule has 3 aromatic rings. The zero-order valence-electron chi connectivity index (χ0n) is 17.1. The van der Waals surface area contributed by atoms with Gasteiger partial charge < -0.3 is 10.1 Å². The fourth-order valence-corrected chi connectivity index (χ4v) is 5.20. The summed E-state index contributed by atoms with van der Waals surface area (Å²) < 4.78 is 7.14. The molecule has 0 aliphatic heterocycles. The molecule has 0 aromatic heterocycles. The first-order chi connectivity index (χ1) is 15.7. The lowest BCUT2D eigenvalue weighted by molar-refractivity contribution is -0.112. The molecule has 0 fully saturated rings. The molecule has 0 aliphatic carbocycles. The summed E-state index contributed by atoms with van der Waals surface area (Å²) in [7, 11) is 0. The summed E-state index contributed by atoms with van der Waals surface area (Å²) in [5.41, 5.74) is 2.79. The van der Waals surface area contributed by atoms with Gasteiger partial charge >= 0.3 is 0 Å². The highest BCUT2D eigenvalue weighted by molar-refractivity contribution is 9.11. The molecule has 0 bridgehead atoms. The van der Waals surface area contributed by atoms with Crippen molar-refractivity contribution in [2.75, 3.05) is 5.32 Å². The van der Waals surface area contributed by atoms with Crippen LogP contribution in [0.2, 0.25) is 15.1 Å². The maximum absolute atomic E-state index is 12.7. The number of halogens is 5. The van der Waals surface area contributed by atoms with Crippen LogP contribution in [0, 0.1) is 18.3 Å². The fraction of sp³-hybridized carbons (Fsp3) is 0.0833. The number of nitrogens with zero attached hydrogens (tertiary/aromatic N) is 1. The van der Waals surface area contributed by atoms with Crippen LogP contribution < -0.4 is 10.1 Å². The lowest BCUT2D eigenvalue weighted by Gasteiger charge is -2.12. The van der Waals surface area contributed by atoms with E-state index in [-0.39, 0.29) is 22.2 Å². The van der Waals surface area contributed by atoms with E-state index in [2.05, 4.69) is 37.2 Å². The van der Waals surface area contributed by atoms with Crippen LogP contribution in [0.1, 0.15) is 16.7 Å². The second kappa shape index (κ2) is 11.4. The van der Waals surface area contributed by atoms with Crippen LogP contribution in [-0.2, 0) is 11.4 Å². The maximum Gasteiger partial charge on any atom is 0.266 e. The Hall–Kier alpha value is -2.01. The molecule has 0 aliphatic rings. The number of hydrogen-bond acceptors (Lipinski definition) is 3. The fourth-order valence-electron chi connectivity index (χ4n) is 2.85. The van der Waals surface area contributed by atoms with E-state index in [4.69, 9.17) is 39.5 Å². The number of ether oxygens (including phenoxy) is 1. The number of aryl methyl sites for hydroxylation is 1. The van der Waals surface area contributed by atoms with Gasteiger partial charge in [-0.25, -0.2) is 0 Å². The zero-order chi connectivity index (χ0) is 24.1. The van der Waals surface area contributed by atoms with Crippen molar-refractivity contribution in [2.45, 2.75) is 13.5 Å². The van der Waals surface area contributed by atoms with E-state index in [0.29, 0.717) is 31.0 Å². The van der Waals surface area contributed by atoms with Gasteiger partial charge in [-0.1, -0.05) is 46.9 Å². The highest BCUT2D eigenvalue weighted by atomic mass is 79.9. The zero-order valence-corrected chi connectivity index (χ0v) is 22.5. The van der Waals surface area contributed by atoms with Crippen molar-refractivity contribution in [1.82, 2.24) is 0 Å². The minimum atomic E-state index is -0.571. The van der Waals surface area contributed by atoms with Gasteiger partial charge in [-0.3, -0.25) is 4.79 Å². The molecule has 0 spiro atoms. The number of anilines is 1. The van der Waals surface area contributed by atoms with Gasteiger partial charge in [0, 0.05) is 14.0 Å². The van der Waals surface area contributed by atoms with E-state index in [0.717, 1.165) is 11.1 Å². The second-order valence-electron chi connectivity index (χ2n) is 6.96. The van der Waals surface area contributed by atoms with Crippen molar-refractivity contribution in [3.8, 4) is 11.8 Å². The Morgan fingerprint density at radius 3 is 2.18 bits per heavy atom. The number of carbonyl (C=O) groups is 1. The van der Waals surface area contributed by atoms with Crippen LogP contribution in [0.5, 0.6) is 5.75 Å². The lowest BCUT2D eigenvalue weighted by atomic mass is 10.1.